The van der Waals surface area contributed by atoms with Crippen molar-refractivity contribution in [3.63, 3.8) is 0 Å². The fourth-order valence-electron chi connectivity index (χ4n) is 0.409. The average Bonchev–Trinajstić information content (AvgIpc) is 2.13. The van der Waals surface area contributed by atoms with Crippen molar-refractivity contribution in [3.8, 4) is 0 Å². The van der Waals surface area contributed by atoms with E-state index < -0.39 is 11.1 Å². The summed E-state index contributed by atoms with van der Waals surface area (Å²) in [5.74, 6) is 0. The minimum absolute atomic E-state index is 0.332. The molecule has 0 aliphatic carbocycles. The van der Waals surface area contributed by atoms with E-state index in [1.165, 1.54) is 11.3 Å². The summed E-state index contributed by atoms with van der Waals surface area (Å²) >= 11 is 5.43. The van der Waals surface area contributed by atoms with E-state index in [2.05, 4.69) is 31.9 Å². The zero-order valence-corrected chi connectivity index (χ0v) is 9.27. The summed E-state index contributed by atoms with van der Waals surface area (Å²) in [6.07, 6.45) is 0. The van der Waals surface area contributed by atoms with Crippen LogP contribution in [0.1, 0.15) is 0 Å². The molecule has 0 amide bonds. The SMILES string of the molecule is O=S([O-])c1cc(Br)c(Br)s1. The first-order valence-corrected chi connectivity index (χ1v) is 5.63. The molecule has 1 aromatic heterocycles. The van der Waals surface area contributed by atoms with E-state index in [4.69, 9.17) is 0 Å². The normalized spacial score (nSPS) is 13.5. The van der Waals surface area contributed by atoms with Crippen LogP contribution < -0.4 is 0 Å². The Morgan fingerprint density at radius 1 is 1.60 bits per heavy atom. The molecule has 0 saturated heterocycles. The monoisotopic (exact) mass is 303 g/mol. The Kier molecular flexibility index (Phi) is 3.05. The first kappa shape index (κ1) is 8.86. The van der Waals surface area contributed by atoms with E-state index in [0.29, 0.717) is 4.21 Å². The summed E-state index contributed by atoms with van der Waals surface area (Å²) in [4.78, 5) is 0. The molecular weight excluding hydrogens is 304 g/mol. The van der Waals surface area contributed by atoms with Gasteiger partial charge in [0.15, 0.2) is 0 Å². The van der Waals surface area contributed by atoms with Crippen LogP contribution in [0.15, 0.2) is 18.5 Å². The van der Waals surface area contributed by atoms with Crippen LogP contribution in [0.5, 0.6) is 0 Å². The molecule has 6 heteroatoms. The van der Waals surface area contributed by atoms with Gasteiger partial charge in [0, 0.05) is 4.47 Å². The summed E-state index contributed by atoms with van der Waals surface area (Å²) in [6, 6.07) is 1.55. The van der Waals surface area contributed by atoms with E-state index in [-0.39, 0.29) is 0 Å². The topological polar surface area (TPSA) is 40.1 Å². The zero-order valence-electron chi connectivity index (χ0n) is 4.47. The molecule has 0 N–H and O–H groups in total. The van der Waals surface area contributed by atoms with E-state index in [0.717, 1.165) is 8.26 Å². The van der Waals surface area contributed by atoms with Crippen LogP contribution in [0, 0.1) is 0 Å². The molecule has 0 aromatic carbocycles. The van der Waals surface area contributed by atoms with E-state index >= 15 is 0 Å². The smallest absolute Gasteiger partial charge is 0.0852 e. The summed E-state index contributed by atoms with van der Waals surface area (Å²) in [7, 11) is 0. The maximum atomic E-state index is 10.3. The maximum Gasteiger partial charge on any atom is 0.0852 e. The predicted molar refractivity (Wildman–Crippen MR) is 46.9 cm³/mol. The highest BCUT2D eigenvalue weighted by molar-refractivity contribution is 9.13. The van der Waals surface area contributed by atoms with Gasteiger partial charge >= 0.3 is 0 Å². The lowest BCUT2D eigenvalue weighted by Gasteiger charge is -1.96. The molecule has 0 bridgehead atoms. The number of rotatable bonds is 1. The minimum Gasteiger partial charge on any atom is -0.768 e. The van der Waals surface area contributed by atoms with Crippen LogP contribution >= 0.6 is 43.2 Å². The van der Waals surface area contributed by atoms with Crippen molar-refractivity contribution >= 4 is 54.3 Å². The van der Waals surface area contributed by atoms with Gasteiger partial charge in [-0.1, -0.05) is 0 Å². The third-order valence-electron chi connectivity index (χ3n) is 0.787. The van der Waals surface area contributed by atoms with Gasteiger partial charge in [0.05, 0.1) is 8.00 Å². The molecule has 1 rings (SSSR count). The van der Waals surface area contributed by atoms with Crippen molar-refractivity contribution in [2.24, 2.45) is 0 Å². The van der Waals surface area contributed by atoms with Gasteiger partial charge in [-0.05, 0) is 49.0 Å². The maximum absolute atomic E-state index is 10.3. The average molecular weight is 305 g/mol. The Labute approximate surface area is 81.2 Å². The van der Waals surface area contributed by atoms with Gasteiger partial charge in [0.2, 0.25) is 0 Å². The second-order valence-electron chi connectivity index (χ2n) is 1.42. The van der Waals surface area contributed by atoms with Crippen molar-refractivity contribution in [1.29, 1.82) is 0 Å². The summed E-state index contributed by atoms with van der Waals surface area (Å²) in [6.45, 7) is 0. The number of hydrogen-bond acceptors (Lipinski definition) is 3. The van der Waals surface area contributed by atoms with E-state index in [1.807, 2.05) is 0 Å². The predicted octanol–water partition coefficient (Wildman–Crippen LogP) is 2.51. The number of hydrogen-bond donors (Lipinski definition) is 0. The van der Waals surface area contributed by atoms with E-state index in [9.17, 15) is 8.76 Å². The van der Waals surface area contributed by atoms with Gasteiger partial charge < -0.3 is 4.55 Å². The van der Waals surface area contributed by atoms with Crippen LogP contribution in [0.4, 0.5) is 0 Å². The first-order chi connectivity index (χ1) is 4.61. The lowest BCUT2D eigenvalue weighted by Crippen LogP contribution is -1.80. The van der Waals surface area contributed by atoms with E-state index in [1.54, 1.807) is 6.07 Å². The second kappa shape index (κ2) is 3.44. The molecule has 1 heterocycles. The molecule has 0 saturated carbocycles. The van der Waals surface area contributed by atoms with Gasteiger partial charge in [-0.2, -0.15) is 0 Å². The fraction of sp³-hybridized carbons (Fsp3) is 0. The second-order valence-corrected chi connectivity index (χ2v) is 5.81. The molecule has 1 unspecified atom stereocenters. The molecule has 0 radical (unpaired) electrons. The molecule has 0 fully saturated rings. The van der Waals surface area contributed by atoms with Gasteiger partial charge in [0.1, 0.15) is 0 Å². The lowest BCUT2D eigenvalue weighted by molar-refractivity contribution is 0.539. The van der Waals surface area contributed by atoms with Crippen LogP contribution in [0.2, 0.25) is 0 Å². The Bertz CT molecular complexity index is 251. The summed E-state index contributed by atoms with van der Waals surface area (Å²) in [5.41, 5.74) is 0. The van der Waals surface area contributed by atoms with Crippen molar-refractivity contribution in [3.05, 3.63) is 14.3 Å². The van der Waals surface area contributed by atoms with Crippen LogP contribution in [0.25, 0.3) is 0 Å². The van der Waals surface area contributed by atoms with Crippen molar-refractivity contribution in [1.82, 2.24) is 0 Å². The highest BCUT2D eigenvalue weighted by atomic mass is 79.9. The Balaban J connectivity index is 3.10. The molecular formula is C4HBr2O2S2-. The third-order valence-corrected chi connectivity index (χ3v) is 4.94. The molecule has 0 aliphatic rings. The van der Waals surface area contributed by atoms with Gasteiger partial charge in [-0.15, -0.1) is 11.3 Å². The molecule has 0 spiro atoms. The van der Waals surface area contributed by atoms with Crippen molar-refractivity contribution in [2.45, 2.75) is 4.21 Å². The number of thiophene rings is 1. The van der Waals surface area contributed by atoms with Gasteiger partial charge in [-0.3, -0.25) is 4.21 Å². The van der Waals surface area contributed by atoms with Crippen molar-refractivity contribution in [2.75, 3.05) is 0 Å². The largest absolute Gasteiger partial charge is 0.768 e. The zero-order chi connectivity index (χ0) is 7.72. The van der Waals surface area contributed by atoms with Crippen molar-refractivity contribution < 1.29 is 8.76 Å². The molecule has 2 nitrogen and oxygen atoms in total. The van der Waals surface area contributed by atoms with Crippen LogP contribution in [-0.4, -0.2) is 8.76 Å². The summed E-state index contributed by atoms with van der Waals surface area (Å²) in [5, 5.41) is 0. The lowest BCUT2D eigenvalue weighted by atomic mass is 10.7. The Morgan fingerprint density at radius 2 is 2.20 bits per heavy atom. The Hall–Kier alpha value is 0.770. The molecule has 10 heavy (non-hydrogen) atoms. The summed E-state index contributed by atoms with van der Waals surface area (Å²) < 4.78 is 22.6. The van der Waals surface area contributed by atoms with Crippen LogP contribution in [-0.2, 0) is 11.1 Å². The van der Waals surface area contributed by atoms with Crippen LogP contribution in [0.3, 0.4) is 0 Å². The van der Waals surface area contributed by atoms with Gasteiger partial charge in [0.25, 0.3) is 0 Å². The highest BCUT2D eigenvalue weighted by Crippen LogP contribution is 2.33. The molecule has 56 valence electrons. The van der Waals surface area contributed by atoms with Gasteiger partial charge in [-0.25, -0.2) is 0 Å². The number of halogens is 2. The highest BCUT2D eigenvalue weighted by Gasteiger charge is 2.02. The molecule has 1 atom stereocenters. The quantitative estimate of drug-likeness (QED) is 0.748. The first-order valence-electron chi connectivity index (χ1n) is 2.15. The minimum atomic E-state index is -2.11. The third kappa shape index (κ3) is 1.88. The molecule has 0 aliphatic heterocycles. The fourth-order valence-corrected chi connectivity index (χ4v) is 3.39. The standard InChI is InChI=1S/C4H2Br2O2S2/c5-2-1-3(10(7)8)9-4(2)6/h1H,(H,7,8)/p-1. The Morgan fingerprint density at radius 3 is 2.40 bits per heavy atom. The molecule has 1 aromatic rings.